The molecule has 0 spiro atoms. The maximum absolute atomic E-state index is 12.2. The summed E-state index contributed by atoms with van der Waals surface area (Å²) in [4.78, 5) is 9.77. The first kappa shape index (κ1) is 17.7. The molecule has 0 aliphatic heterocycles. The fraction of sp³-hybridized carbons (Fsp3) is 0.400. The molecule has 0 N–H and O–H groups in total. The summed E-state index contributed by atoms with van der Waals surface area (Å²) < 4.78 is 77.3. The molecule has 0 aromatic heterocycles. The first-order chi connectivity index (χ1) is 9.43. The highest BCUT2D eigenvalue weighted by atomic mass is 79.9. The largest absolute Gasteiger partial charge is 0.423 e. The molecule has 1 aromatic carbocycles. The van der Waals surface area contributed by atoms with Crippen molar-refractivity contribution in [3.8, 4) is 0 Å². The maximum Gasteiger partial charge on any atom is 0.423 e. The Balaban J connectivity index is 2.92. The van der Waals surface area contributed by atoms with E-state index in [0.29, 0.717) is 0 Å². The molecule has 0 fully saturated rings. The number of hydrogen-bond acceptors (Lipinski definition) is 3. The van der Waals surface area contributed by atoms with Crippen LogP contribution in [0.2, 0.25) is 0 Å². The Bertz CT molecular complexity index is 517. The molecule has 1 rings (SSSR count). The van der Waals surface area contributed by atoms with Crippen molar-refractivity contribution in [3.63, 3.8) is 0 Å². The van der Waals surface area contributed by atoms with Gasteiger partial charge in [-0.2, -0.15) is 26.3 Å². The van der Waals surface area contributed by atoms with Crippen LogP contribution in [0.5, 0.6) is 0 Å². The van der Waals surface area contributed by atoms with Crippen LogP contribution in [-0.4, -0.2) is 23.4 Å². The zero-order valence-corrected chi connectivity index (χ0v) is 11.4. The van der Waals surface area contributed by atoms with Crippen LogP contribution in [0.4, 0.5) is 32.0 Å². The van der Waals surface area contributed by atoms with Crippen molar-refractivity contribution in [2.24, 2.45) is 0 Å². The molecule has 118 valence electrons. The molecule has 0 saturated heterocycles. The van der Waals surface area contributed by atoms with Gasteiger partial charge in [0.05, 0.1) is 16.0 Å². The lowest BCUT2D eigenvalue weighted by molar-refractivity contribution is -0.385. The molecular weight excluding hydrogens is 376 g/mol. The van der Waals surface area contributed by atoms with Crippen molar-refractivity contribution in [3.05, 3.63) is 38.3 Å². The van der Waals surface area contributed by atoms with Gasteiger partial charge in [-0.05, 0) is 27.6 Å². The van der Waals surface area contributed by atoms with Crippen molar-refractivity contribution < 1.29 is 36.0 Å². The van der Waals surface area contributed by atoms with Gasteiger partial charge in [-0.1, -0.05) is 6.07 Å². The van der Waals surface area contributed by atoms with E-state index in [1.807, 2.05) is 0 Å². The smallest absolute Gasteiger partial charge is 0.356 e. The number of rotatable bonds is 4. The third kappa shape index (κ3) is 4.84. The topological polar surface area (TPSA) is 52.4 Å². The fourth-order valence-corrected chi connectivity index (χ4v) is 1.73. The Morgan fingerprint density at radius 1 is 1.19 bits per heavy atom. The second-order valence-electron chi connectivity index (χ2n) is 3.82. The number of nitro benzene ring substituents is 1. The van der Waals surface area contributed by atoms with Gasteiger partial charge in [-0.15, -0.1) is 0 Å². The van der Waals surface area contributed by atoms with Gasteiger partial charge in [0.25, 0.3) is 5.69 Å². The SMILES string of the molecule is O=[N+]([O-])c1cc(COC(C(F)(F)F)C(F)(F)F)ccc1Br. The van der Waals surface area contributed by atoms with Gasteiger partial charge in [0.15, 0.2) is 0 Å². The van der Waals surface area contributed by atoms with E-state index < -0.39 is 35.7 Å². The number of halogens is 7. The Morgan fingerprint density at radius 2 is 1.71 bits per heavy atom. The van der Waals surface area contributed by atoms with Crippen molar-refractivity contribution in [2.45, 2.75) is 25.1 Å². The Morgan fingerprint density at radius 3 is 2.14 bits per heavy atom. The molecule has 0 amide bonds. The van der Waals surface area contributed by atoms with Gasteiger partial charge in [0, 0.05) is 6.07 Å². The fourth-order valence-electron chi connectivity index (χ4n) is 1.34. The second kappa shape index (κ2) is 6.18. The summed E-state index contributed by atoms with van der Waals surface area (Å²) in [6, 6.07) is 3.07. The molecule has 21 heavy (non-hydrogen) atoms. The van der Waals surface area contributed by atoms with Gasteiger partial charge in [0.1, 0.15) is 0 Å². The number of hydrogen-bond donors (Lipinski definition) is 0. The number of nitrogens with zero attached hydrogens (tertiary/aromatic N) is 1. The average Bonchev–Trinajstić information content (AvgIpc) is 2.27. The summed E-state index contributed by atoms with van der Waals surface area (Å²) >= 11 is 2.83. The number of benzene rings is 1. The molecule has 1 aromatic rings. The molecular formula is C10H6BrF6NO3. The summed E-state index contributed by atoms with van der Waals surface area (Å²) in [6.07, 6.45) is -15.2. The first-order valence-electron chi connectivity index (χ1n) is 5.10. The predicted molar refractivity (Wildman–Crippen MR) is 61.5 cm³/mol. The molecule has 4 nitrogen and oxygen atoms in total. The van der Waals surface area contributed by atoms with Crippen LogP contribution < -0.4 is 0 Å². The Kier molecular flexibility index (Phi) is 5.20. The molecule has 0 saturated carbocycles. The third-order valence-electron chi connectivity index (χ3n) is 2.22. The van der Waals surface area contributed by atoms with Crippen molar-refractivity contribution in [1.82, 2.24) is 0 Å². The number of nitro groups is 1. The minimum Gasteiger partial charge on any atom is -0.356 e. The number of alkyl halides is 6. The first-order valence-corrected chi connectivity index (χ1v) is 5.90. The monoisotopic (exact) mass is 381 g/mol. The van der Waals surface area contributed by atoms with Crippen LogP contribution in [0.25, 0.3) is 0 Å². The normalized spacial score (nSPS) is 12.8. The number of ether oxygens (including phenoxy) is 1. The quantitative estimate of drug-likeness (QED) is 0.442. The van der Waals surface area contributed by atoms with Gasteiger partial charge < -0.3 is 4.74 Å². The maximum atomic E-state index is 12.2. The minimum absolute atomic E-state index is 0.0412. The zero-order valence-electron chi connectivity index (χ0n) is 9.83. The van der Waals surface area contributed by atoms with E-state index in [1.165, 1.54) is 0 Å². The highest BCUT2D eigenvalue weighted by Gasteiger charge is 2.57. The minimum atomic E-state index is -5.63. The molecule has 0 unspecified atom stereocenters. The van der Waals surface area contributed by atoms with Crippen LogP contribution >= 0.6 is 15.9 Å². The van der Waals surface area contributed by atoms with Crippen molar-refractivity contribution in [2.75, 3.05) is 0 Å². The van der Waals surface area contributed by atoms with E-state index in [0.717, 1.165) is 18.2 Å². The van der Waals surface area contributed by atoms with Crippen LogP contribution in [0, 0.1) is 10.1 Å². The van der Waals surface area contributed by atoms with Crippen molar-refractivity contribution in [1.29, 1.82) is 0 Å². The molecule has 0 aliphatic rings. The Labute approximate surface area is 122 Å². The lowest BCUT2D eigenvalue weighted by atomic mass is 10.2. The molecule has 0 heterocycles. The van der Waals surface area contributed by atoms with E-state index in [4.69, 9.17) is 0 Å². The van der Waals surface area contributed by atoms with Crippen LogP contribution in [0.3, 0.4) is 0 Å². The van der Waals surface area contributed by atoms with Crippen molar-refractivity contribution >= 4 is 21.6 Å². The van der Waals surface area contributed by atoms with Gasteiger partial charge in [-0.3, -0.25) is 10.1 Å². The molecule has 0 aliphatic carbocycles. The lowest BCUT2D eigenvalue weighted by Crippen LogP contribution is -2.44. The highest BCUT2D eigenvalue weighted by Crippen LogP contribution is 2.36. The summed E-state index contributed by atoms with van der Waals surface area (Å²) in [6.45, 7) is -1.07. The van der Waals surface area contributed by atoms with Crippen LogP contribution in [0.15, 0.2) is 22.7 Å². The zero-order chi connectivity index (χ0) is 16.4. The predicted octanol–water partition coefficient (Wildman–Crippen LogP) is 4.37. The highest BCUT2D eigenvalue weighted by molar-refractivity contribution is 9.10. The van der Waals surface area contributed by atoms with E-state index in [9.17, 15) is 36.5 Å². The summed E-state index contributed by atoms with van der Waals surface area (Å²) in [5.74, 6) is 0. The summed E-state index contributed by atoms with van der Waals surface area (Å²) in [5.41, 5.74) is -0.685. The molecule has 0 radical (unpaired) electrons. The van der Waals surface area contributed by atoms with Gasteiger partial charge in [-0.25, -0.2) is 0 Å². The summed E-state index contributed by atoms with van der Waals surface area (Å²) in [5, 5.41) is 10.6. The van der Waals surface area contributed by atoms with Gasteiger partial charge in [0.2, 0.25) is 6.10 Å². The van der Waals surface area contributed by atoms with E-state index in [2.05, 4.69) is 20.7 Å². The molecule has 0 bridgehead atoms. The summed E-state index contributed by atoms with van der Waals surface area (Å²) in [7, 11) is 0. The van der Waals surface area contributed by atoms with Crippen LogP contribution in [-0.2, 0) is 11.3 Å². The van der Waals surface area contributed by atoms with E-state index in [1.54, 1.807) is 0 Å². The second-order valence-corrected chi connectivity index (χ2v) is 4.67. The average molecular weight is 382 g/mol. The standard InChI is InChI=1S/C10H6BrF6NO3/c11-6-2-1-5(3-7(6)18(19)20)4-21-8(9(12,13)14)10(15,16)17/h1-3,8H,4H2. The third-order valence-corrected chi connectivity index (χ3v) is 2.89. The Hall–Kier alpha value is -1.36. The van der Waals surface area contributed by atoms with E-state index >= 15 is 0 Å². The molecule has 11 heteroatoms. The lowest BCUT2D eigenvalue weighted by Gasteiger charge is -2.23. The van der Waals surface area contributed by atoms with Gasteiger partial charge >= 0.3 is 12.4 Å². The van der Waals surface area contributed by atoms with Crippen LogP contribution in [0.1, 0.15) is 5.56 Å². The van der Waals surface area contributed by atoms with E-state index in [-0.39, 0.29) is 10.0 Å². The molecule has 0 atom stereocenters.